The van der Waals surface area contributed by atoms with Crippen LogP contribution < -0.4 is 5.43 Å². The molecule has 0 saturated carbocycles. The molecule has 0 aliphatic carbocycles. The maximum Gasteiger partial charge on any atom is 0.240 e. The maximum absolute atomic E-state index is 12.2. The maximum atomic E-state index is 12.2. The average Bonchev–Trinajstić information content (AvgIpc) is 2.78. The van der Waals surface area contributed by atoms with Gasteiger partial charge in [-0.1, -0.05) is 42.5 Å². The van der Waals surface area contributed by atoms with Crippen LogP contribution in [-0.2, 0) is 11.2 Å². The highest BCUT2D eigenvalue weighted by atomic mass is 79.9. The second-order valence-corrected chi connectivity index (χ2v) is 8.78. The Morgan fingerprint density at radius 1 is 0.903 bits per heavy atom. The number of phenols is 2. The molecule has 0 saturated heterocycles. The van der Waals surface area contributed by atoms with Gasteiger partial charge in [-0.3, -0.25) is 4.79 Å². The number of rotatable bonds is 5. The molecule has 7 heteroatoms. The van der Waals surface area contributed by atoms with Crippen molar-refractivity contribution < 1.29 is 15.0 Å². The molecule has 4 aromatic rings. The highest BCUT2D eigenvalue weighted by molar-refractivity contribution is 9.11. The van der Waals surface area contributed by atoms with Crippen LogP contribution in [0.25, 0.3) is 21.5 Å². The molecule has 0 radical (unpaired) electrons. The van der Waals surface area contributed by atoms with Gasteiger partial charge in [0, 0.05) is 12.0 Å². The van der Waals surface area contributed by atoms with Gasteiger partial charge in [0.2, 0.25) is 5.91 Å². The summed E-state index contributed by atoms with van der Waals surface area (Å²) in [6.07, 6.45) is 2.19. The summed E-state index contributed by atoms with van der Waals surface area (Å²) in [4.78, 5) is 12.2. The lowest BCUT2D eigenvalue weighted by Gasteiger charge is -2.07. The van der Waals surface area contributed by atoms with E-state index < -0.39 is 0 Å². The van der Waals surface area contributed by atoms with Gasteiger partial charge >= 0.3 is 0 Å². The van der Waals surface area contributed by atoms with E-state index >= 15 is 0 Å². The summed E-state index contributed by atoms with van der Waals surface area (Å²) < 4.78 is 0.549. The van der Waals surface area contributed by atoms with E-state index in [4.69, 9.17) is 0 Å². The Labute approximate surface area is 195 Å². The van der Waals surface area contributed by atoms with E-state index in [1.165, 1.54) is 28.4 Å². The molecule has 0 bridgehead atoms. The SMILES string of the molecule is O=C(CCc1ccc2cc3ccccc3cc2c1)N/N=C\c1cc(Br)c(O)c(Br)c1O. The summed E-state index contributed by atoms with van der Waals surface area (Å²) in [5, 5.41) is 28.4. The Morgan fingerprint density at radius 3 is 2.32 bits per heavy atom. The van der Waals surface area contributed by atoms with E-state index in [0.717, 1.165) is 10.9 Å². The Balaban J connectivity index is 1.40. The molecule has 4 aromatic carbocycles. The van der Waals surface area contributed by atoms with Crippen molar-refractivity contribution in [3.8, 4) is 11.5 Å². The summed E-state index contributed by atoms with van der Waals surface area (Å²) >= 11 is 6.30. The molecule has 5 nitrogen and oxygen atoms in total. The molecule has 0 spiro atoms. The van der Waals surface area contributed by atoms with Gasteiger partial charge in [0.25, 0.3) is 0 Å². The van der Waals surface area contributed by atoms with Gasteiger partial charge in [-0.2, -0.15) is 5.10 Å². The Hall–Kier alpha value is -2.90. The smallest absolute Gasteiger partial charge is 0.240 e. The molecule has 0 aliphatic rings. The van der Waals surface area contributed by atoms with Crippen molar-refractivity contribution in [2.75, 3.05) is 0 Å². The number of phenolic OH excluding ortho intramolecular Hbond substituents is 2. The van der Waals surface area contributed by atoms with E-state index in [9.17, 15) is 15.0 Å². The molecule has 156 valence electrons. The van der Waals surface area contributed by atoms with E-state index in [0.29, 0.717) is 16.5 Å². The molecule has 0 aromatic heterocycles. The quantitative estimate of drug-likeness (QED) is 0.164. The topological polar surface area (TPSA) is 81.9 Å². The first kappa shape index (κ1) is 21.3. The number of aryl methyl sites for hydroxylation is 1. The highest BCUT2D eigenvalue weighted by Gasteiger charge is 2.13. The molecule has 0 heterocycles. The average molecular weight is 542 g/mol. The van der Waals surface area contributed by atoms with Crippen LogP contribution in [0.5, 0.6) is 11.5 Å². The van der Waals surface area contributed by atoms with Gasteiger partial charge < -0.3 is 10.2 Å². The molecule has 0 fully saturated rings. The van der Waals surface area contributed by atoms with Gasteiger partial charge in [0.05, 0.1) is 10.7 Å². The van der Waals surface area contributed by atoms with Crippen molar-refractivity contribution >= 4 is 65.5 Å². The zero-order valence-corrected chi connectivity index (χ0v) is 19.4. The predicted molar refractivity (Wildman–Crippen MR) is 131 cm³/mol. The number of benzene rings is 4. The van der Waals surface area contributed by atoms with Crippen LogP contribution in [0.2, 0.25) is 0 Å². The lowest BCUT2D eigenvalue weighted by atomic mass is 10.00. The first-order valence-electron chi connectivity index (χ1n) is 9.55. The van der Waals surface area contributed by atoms with Gasteiger partial charge in [-0.05, 0) is 83.6 Å². The lowest BCUT2D eigenvalue weighted by Crippen LogP contribution is -2.17. The highest BCUT2D eigenvalue weighted by Crippen LogP contribution is 2.40. The van der Waals surface area contributed by atoms with E-state index in [1.54, 1.807) is 0 Å². The normalized spacial score (nSPS) is 11.4. The number of amides is 1. The van der Waals surface area contributed by atoms with Crippen LogP contribution in [0.1, 0.15) is 17.5 Å². The molecule has 31 heavy (non-hydrogen) atoms. The van der Waals surface area contributed by atoms with E-state index in [-0.39, 0.29) is 28.3 Å². The minimum atomic E-state index is -0.230. The standard InChI is InChI=1S/C24H18Br2N2O3/c25-20-12-19(23(30)22(26)24(20)31)13-27-28-21(29)8-6-14-5-7-17-10-15-3-1-2-4-16(15)11-18(17)9-14/h1-5,7,9-13,30-31H,6,8H2,(H,28,29)/b27-13-. The number of hydrazone groups is 1. The second kappa shape index (κ2) is 9.08. The van der Waals surface area contributed by atoms with Crippen LogP contribution in [0.4, 0.5) is 0 Å². The minimum Gasteiger partial charge on any atom is -0.506 e. The molecule has 1 amide bonds. The first-order valence-corrected chi connectivity index (χ1v) is 11.1. The third-order valence-electron chi connectivity index (χ3n) is 5.00. The number of fused-ring (bicyclic) bond motifs is 2. The van der Waals surface area contributed by atoms with Gasteiger partial charge in [-0.15, -0.1) is 0 Å². The Bertz CT molecular complexity index is 1340. The van der Waals surface area contributed by atoms with Crippen molar-refractivity contribution in [2.24, 2.45) is 5.10 Å². The zero-order chi connectivity index (χ0) is 22.0. The summed E-state index contributed by atoms with van der Waals surface area (Å²) in [6, 6.07) is 20.3. The number of halogens is 2. The van der Waals surface area contributed by atoms with Crippen molar-refractivity contribution in [1.82, 2.24) is 5.43 Å². The summed E-state index contributed by atoms with van der Waals surface area (Å²) in [6.45, 7) is 0. The van der Waals surface area contributed by atoms with Crippen molar-refractivity contribution in [3.05, 3.63) is 80.7 Å². The number of hydrogen-bond donors (Lipinski definition) is 3. The molecular weight excluding hydrogens is 524 g/mol. The fourth-order valence-corrected chi connectivity index (χ4v) is 4.50. The first-order chi connectivity index (χ1) is 14.9. The molecule has 3 N–H and O–H groups in total. The van der Waals surface area contributed by atoms with E-state index in [1.807, 2.05) is 18.2 Å². The fourth-order valence-electron chi connectivity index (χ4n) is 3.35. The third-order valence-corrected chi connectivity index (χ3v) is 6.36. The Morgan fingerprint density at radius 2 is 1.58 bits per heavy atom. The number of carbonyl (C=O) groups excluding carboxylic acids is 1. The second-order valence-electron chi connectivity index (χ2n) is 7.13. The van der Waals surface area contributed by atoms with Crippen LogP contribution >= 0.6 is 31.9 Å². The fraction of sp³-hybridized carbons (Fsp3) is 0.0833. The molecule has 4 rings (SSSR count). The molecule has 0 aliphatic heterocycles. The monoisotopic (exact) mass is 540 g/mol. The van der Waals surface area contributed by atoms with Gasteiger partial charge in [-0.25, -0.2) is 5.43 Å². The van der Waals surface area contributed by atoms with Gasteiger partial charge in [0.1, 0.15) is 16.0 Å². The number of nitrogens with one attached hydrogen (secondary N) is 1. The number of hydrogen-bond acceptors (Lipinski definition) is 4. The van der Waals surface area contributed by atoms with Crippen molar-refractivity contribution in [1.29, 1.82) is 0 Å². The summed E-state index contributed by atoms with van der Waals surface area (Å²) in [7, 11) is 0. The van der Waals surface area contributed by atoms with E-state index in [2.05, 4.69) is 78.8 Å². The number of carbonyl (C=O) groups is 1. The largest absolute Gasteiger partial charge is 0.506 e. The summed E-state index contributed by atoms with van der Waals surface area (Å²) in [5.74, 6) is -0.504. The van der Waals surface area contributed by atoms with Crippen LogP contribution in [-0.4, -0.2) is 22.3 Å². The third kappa shape index (κ3) is 4.73. The van der Waals surface area contributed by atoms with Crippen LogP contribution in [0.3, 0.4) is 0 Å². The number of nitrogens with zero attached hydrogens (tertiary/aromatic N) is 1. The molecule has 0 unspecified atom stereocenters. The van der Waals surface area contributed by atoms with Crippen LogP contribution in [0.15, 0.2) is 74.7 Å². The van der Waals surface area contributed by atoms with Crippen molar-refractivity contribution in [3.63, 3.8) is 0 Å². The zero-order valence-electron chi connectivity index (χ0n) is 16.3. The molecule has 0 atom stereocenters. The van der Waals surface area contributed by atoms with Crippen LogP contribution in [0, 0.1) is 0 Å². The van der Waals surface area contributed by atoms with Gasteiger partial charge in [0.15, 0.2) is 0 Å². The van der Waals surface area contributed by atoms with Crippen molar-refractivity contribution in [2.45, 2.75) is 12.8 Å². The lowest BCUT2D eigenvalue weighted by molar-refractivity contribution is -0.121. The minimum absolute atomic E-state index is 0.109. The predicted octanol–water partition coefficient (Wildman–Crippen LogP) is 6.01. The number of aromatic hydroxyl groups is 2. The molecular formula is C24H18Br2N2O3. The summed E-state index contributed by atoms with van der Waals surface area (Å²) in [5.41, 5.74) is 3.89. The Kier molecular flexibility index (Phi) is 6.25.